The number of aryl methyl sites for hydroxylation is 2. The molecule has 0 radical (unpaired) electrons. The zero-order chi connectivity index (χ0) is 23.5. The molecule has 33 heavy (non-hydrogen) atoms. The molecule has 0 spiro atoms. The summed E-state index contributed by atoms with van der Waals surface area (Å²) in [4.78, 5) is 27.8. The molecule has 4 rings (SSSR count). The van der Waals surface area contributed by atoms with Crippen LogP contribution in [0.4, 0.5) is 5.69 Å². The zero-order valence-corrected chi connectivity index (χ0v) is 18.5. The van der Waals surface area contributed by atoms with Crippen molar-refractivity contribution < 1.29 is 18.9 Å². The minimum atomic E-state index is -0.560. The van der Waals surface area contributed by atoms with Gasteiger partial charge in [-0.2, -0.15) is 0 Å². The lowest BCUT2D eigenvalue weighted by Gasteiger charge is -2.08. The van der Waals surface area contributed by atoms with Crippen LogP contribution >= 0.6 is 0 Å². The SMILES string of the molecule is CCOc1ccc(C(=O)NCc2ccc(-c3nc4cc(C)c(C)cc4o3)cc2)cc1[N+](=O)[O-]. The smallest absolute Gasteiger partial charge is 0.311 e. The van der Waals surface area contributed by atoms with Crippen LogP contribution in [0.25, 0.3) is 22.6 Å². The number of hydrogen-bond acceptors (Lipinski definition) is 6. The summed E-state index contributed by atoms with van der Waals surface area (Å²) in [5.74, 6) is 0.265. The van der Waals surface area contributed by atoms with Gasteiger partial charge in [0.25, 0.3) is 5.91 Å². The average Bonchev–Trinajstić information content (AvgIpc) is 3.21. The van der Waals surface area contributed by atoms with Crippen LogP contribution in [0.2, 0.25) is 0 Å². The van der Waals surface area contributed by atoms with Gasteiger partial charge < -0.3 is 14.5 Å². The molecule has 3 aromatic carbocycles. The van der Waals surface area contributed by atoms with Crippen molar-refractivity contribution in [3.63, 3.8) is 0 Å². The van der Waals surface area contributed by atoms with Crippen molar-refractivity contribution in [2.45, 2.75) is 27.3 Å². The van der Waals surface area contributed by atoms with E-state index in [1.165, 1.54) is 18.2 Å². The number of oxazole rings is 1. The molecule has 0 saturated heterocycles. The molecule has 0 unspecified atom stereocenters. The van der Waals surface area contributed by atoms with Crippen molar-refractivity contribution in [3.8, 4) is 17.2 Å². The first-order valence-electron chi connectivity index (χ1n) is 10.5. The van der Waals surface area contributed by atoms with Crippen molar-refractivity contribution in [2.75, 3.05) is 6.61 Å². The highest BCUT2D eigenvalue weighted by molar-refractivity contribution is 5.95. The Kier molecular flexibility index (Phi) is 6.08. The average molecular weight is 445 g/mol. The van der Waals surface area contributed by atoms with E-state index in [0.29, 0.717) is 12.5 Å². The number of nitro benzene ring substituents is 1. The number of nitrogens with zero attached hydrogens (tertiary/aromatic N) is 2. The fourth-order valence-corrected chi connectivity index (χ4v) is 3.43. The summed E-state index contributed by atoms with van der Waals surface area (Å²) < 4.78 is 11.2. The second-order valence-electron chi connectivity index (χ2n) is 7.68. The molecule has 168 valence electrons. The standard InChI is InChI=1S/C25H23N3O5/c1-4-32-22-10-9-19(13-21(22)28(30)31)24(29)26-14-17-5-7-18(8-6-17)25-27-20-11-15(2)16(3)12-23(20)33-25/h5-13H,4,14H2,1-3H3,(H,26,29). The Morgan fingerprint density at radius 1 is 1.09 bits per heavy atom. The highest BCUT2D eigenvalue weighted by Crippen LogP contribution is 2.28. The third kappa shape index (κ3) is 4.69. The van der Waals surface area contributed by atoms with Crippen LogP contribution in [0.3, 0.4) is 0 Å². The van der Waals surface area contributed by atoms with Crippen LogP contribution < -0.4 is 10.1 Å². The second-order valence-corrected chi connectivity index (χ2v) is 7.68. The van der Waals surface area contributed by atoms with Gasteiger partial charge in [-0.15, -0.1) is 0 Å². The van der Waals surface area contributed by atoms with Gasteiger partial charge in [-0.05, 0) is 73.9 Å². The fourth-order valence-electron chi connectivity index (χ4n) is 3.43. The molecular formula is C25H23N3O5. The molecule has 1 amide bonds. The first-order chi connectivity index (χ1) is 15.9. The van der Waals surface area contributed by atoms with Gasteiger partial charge in [-0.3, -0.25) is 14.9 Å². The molecule has 0 bridgehead atoms. The zero-order valence-electron chi connectivity index (χ0n) is 18.5. The van der Waals surface area contributed by atoms with Crippen molar-refractivity contribution in [2.24, 2.45) is 0 Å². The number of fused-ring (bicyclic) bond motifs is 1. The van der Waals surface area contributed by atoms with Gasteiger partial charge in [0.05, 0.1) is 11.5 Å². The Morgan fingerprint density at radius 2 is 1.82 bits per heavy atom. The Labute approximate surface area is 190 Å². The molecule has 0 fully saturated rings. The molecule has 8 nitrogen and oxygen atoms in total. The number of amides is 1. The summed E-state index contributed by atoms with van der Waals surface area (Å²) in [5, 5.41) is 14.1. The number of carbonyl (C=O) groups is 1. The predicted octanol–water partition coefficient (Wildman–Crippen LogP) is 5.35. The quantitative estimate of drug-likeness (QED) is 0.304. The van der Waals surface area contributed by atoms with Crippen LogP contribution in [0.5, 0.6) is 5.75 Å². The van der Waals surface area contributed by atoms with Crippen molar-refractivity contribution in [3.05, 3.63) is 87.0 Å². The summed E-state index contributed by atoms with van der Waals surface area (Å²) in [6.07, 6.45) is 0. The third-order valence-corrected chi connectivity index (χ3v) is 5.38. The van der Waals surface area contributed by atoms with Crippen molar-refractivity contribution in [1.29, 1.82) is 0 Å². The van der Waals surface area contributed by atoms with Gasteiger partial charge in [-0.25, -0.2) is 4.98 Å². The maximum Gasteiger partial charge on any atom is 0.311 e. The largest absolute Gasteiger partial charge is 0.487 e. The van der Waals surface area contributed by atoms with Gasteiger partial charge in [0.15, 0.2) is 11.3 Å². The van der Waals surface area contributed by atoms with Gasteiger partial charge in [-0.1, -0.05) is 12.1 Å². The highest BCUT2D eigenvalue weighted by Gasteiger charge is 2.18. The summed E-state index contributed by atoms with van der Waals surface area (Å²) in [6, 6.07) is 15.7. The molecule has 1 N–H and O–H groups in total. The molecule has 4 aromatic rings. The predicted molar refractivity (Wildman–Crippen MR) is 124 cm³/mol. The summed E-state index contributed by atoms with van der Waals surface area (Å²) in [5.41, 5.74) is 5.52. The fraction of sp³-hybridized carbons (Fsp3) is 0.200. The minimum absolute atomic E-state index is 0.138. The van der Waals surface area contributed by atoms with E-state index in [0.717, 1.165) is 33.4 Å². The van der Waals surface area contributed by atoms with Gasteiger partial charge in [0.2, 0.25) is 5.89 Å². The Balaban J connectivity index is 1.45. The van der Waals surface area contributed by atoms with Crippen molar-refractivity contribution in [1.82, 2.24) is 10.3 Å². The van der Waals surface area contributed by atoms with E-state index in [1.807, 2.05) is 50.2 Å². The monoisotopic (exact) mass is 445 g/mol. The van der Waals surface area contributed by atoms with Crippen LogP contribution in [-0.4, -0.2) is 22.4 Å². The van der Waals surface area contributed by atoms with E-state index in [9.17, 15) is 14.9 Å². The lowest BCUT2D eigenvalue weighted by Crippen LogP contribution is -2.22. The van der Waals surface area contributed by atoms with Gasteiger partial charge in [0, 0.05) is 23.7 Å². The van der Waals surface area contributed by atoms with Crippen molar-refractivity contribution >= 4 is 22.7 Å². The molecule has 1 heterocycles. The Bertz CT molecular complexity index is 1300. The molecule has 1 aromatic heterocycles. The van der Waals surface area contributed by atoms with Crippen LogP contribution in [0.1, 0.15) is 34.0 Å². The van der Waals surface area contributed by atoms with E-state index >= 15 is 0 Å². The first kappa shape index (κ1) is 22.0. The van der Waals surface area contributed by atoms with E-state index in [1.54, 1.807) is 6.92 Å². The summed E-state index contributed by atoms with van der Waals surface area (Å²) in [7, 11) is 0. The highest BCUT2D eigenvalue weighted by atomic mass is 16.6. The Morgan fingerprint density at radius 3 is 2.52 bits per heavy atom. The molecular weight excluding hydrogens is 422 g/mol. The van der Waals surface area contributed by atoms with E-state index in [4.69, 9.17) is 9.15 Å². The summed E-state index contributed by atoms with van der Waals surface area (Å²) in [6.45, 7) is 6.38. The Hall–Kier alpha value is -4.20. The topological polar surface area (TPSA) is 108 Å². The number of rotatable bonds is 7. The molecule has 0 aliphatic carbocycles. The maximum absolute atomic E-state index is 12.5. The number of carbonyl (C=O) groups excluding carboxylic acids is 1. The number of hydrogen-bond donors (Lipinski definition) is 1. The number of benzene rings is 3. The lowest BCUT2D eigenvalue weighted by atomic mass is 10.1. The maximum atomic E-state index is 12.5. The van der Waals surface area contributed by atoms with Gasteiger partial charge >= 0.3 is 5.69 Å². The van der Waals surface area contributed by atoms with Crippen LogP contribution in [-0.2, 0) is 6.54 Å². The van der Waals surface area contributed by atoms with E-state index in [-0.39, 0.29) is 23.5 Å². The third-order valence-electron chi connectivity index (χ3n) is 5.38. The number of ether oxygens (including phenoxy) is 1. The number of aromatic nitrogens is 1. The normalized spacial score (nSPS) is 10.9. The molecule has 0 saturated carbocycles. The lowest BCUT2D eigenvalue weighted by molar-refractivity contribution is -0.385. The van der Waals surface area contributed by atoms with E-state index in [2.05, 4.69) is 10.3 Å². The molecule has 0 aliphatic heterocycles. The number of nitrogens with one attached hydrogen (secondary N) is 1. The second kappa shape index (κ2) is 9.12. The minimum Gasteiger partial charge on any atom is -0.487 e. The van der Waals surface area contributed by atoms with Crippen LogP contribution in [0, 0.1) is 24.0 Å². The molecule has 0 atom stereocenters. The molecule has 8 heteroatoms. The number of nitro groups is 1. The summed E-state index contributed by atoms with van der Waals surface area (Å²) >= 11 is 0. The van der Waals surface area contributed by atoms with E-state index < -0.39 is 10.8 Å². The molecule has 0 aliphatic rings. The van der Waals surface area contributed by atoms with Gasteiger partial charge in [0.1, 0.15) is 5.52 Å². The van der Waals surface area contributed by atoms with Crippen LogP contribution in [0.15, 0.2) is 59.0 Å². The first-order valence-corrected chi connectivity index (χ1v) is 10.5.